The van der Waals surface area contributed by atoms with Crippen LogP contribution in [0.2, 0.25) is 5.02 Å². The Morgan fingerprint density at radius 2 is 1.67 bits per heavy atom. The van der Waals surface area contributed by atoms with Crippen LogP contribution in [-0.2, 0) is 10.0 Å². The second-order valence-electron chi connectivity index (χ2n) is 5.28. The lowest BCUT2D eigenvalue weighted by Crippen LogP contribution is -2.41. The van der Waals surface area contributed by atoms with Gasteiger partial charge in [0.15, 0.2) is 0 Å². The number of nitrogens with one attached hydrogen (secondary N) is 3. The van der Waals surface area contributed by atoms with Crippen LogP contribution in [0.15, 0.2) is 47.4 Å². The van der Waals surface area contributed by atoms with E-state index in [9.17, 15) is 18.0 Å². The van der Waals surface area contributed by atoms with Crippen molar-refractivity contribution in [3.63, 3.8) is 0 Å². The monoisotopic (exact) mass is 411 g/mol. The van der Waals surface area contributed by atoms with Crippen molar-refractivity contribution in [1.29, 1.82) is 0 Å². The zero-order valence-corrected chi connectivity index (χ0v) is 16.1. The van der Waals surface area contributed by atoms with E-state index >= 15 is 0 Å². The minimum Gasteiger partial charge on any atom is -0.496 e. The molecule has 0 saturated carbocycles. The Balaban J connectivity index is 2.06. The normalized spacial score (nSPS) is 10.9. The number of amides is 2. The molecule has 2 aromatic carbocycles. The number of hydrogen-bond acceptors (Lipinski definition) is 5. The number of hydrogen-bond donors (Lipinski definition) is 3. The lowest BCUT2D eigenvalue weighted by molar-refractivity contribution is 0.0845. The lowest BCUT2D eigenvalue weighted by Gasteiger charge is -2.11. The molecule has 0 saturated heterocycles. The number of halogens is 1. The number of carbonyl (C=O) groups excluding carboxylic acids is 2. The Hall–Kier alpha value is -2.62. The Labute approximate surface area is 161 Å². The maximum absolute atomic E-state index is 12.2. The van der Waals surface area contributed by atoms with Crippen LogP contribution in [0.3, 0.4) is 0 Å². The van der Waals surface area contributed by atoms with Gasteiger partial charge in [-0.2, -0.15) is 0 Å². The third-order valence-corrected chi connectivity index (χ3v) is 5.25. The van der Waals surface area contributed by atoms with Crippen LogP contribution in [0.25, 0.3) is 0 Å². The lowest BCUT2D eigenvalue weighted by atomic mass is 10.2. The second kappa shape index (κ2) is 8.85. The Kier molecular flexibility index (Phi) is 6.78. The van der Waals surface area contributed by atoms with Crippen LogP contribution < -0.4 is 20.3 Å². The molecular formula is C17H18ClN3O5S. The molecule has 0 aliphatic carbocycles. The summed E-state index contributed by atoms with van der Waals surface area (Å²) >= 11 is 5.87. The Morgan fingerprint density at radius 1 is 1.04 bits per heavy atom. The first-order chi connectivity index (χ1) is 12.8. The molecule has 0 aromatic heterocycles. The number of ether oxygens (including phenoxy) is 1. The van der Waals surface area contributed by atoms with E-state index in [1.807, 2.05) is 0 Å². The SMILES string of the molecule is CCNS(=O)(=O)c1ccc(C(=O)NNC(=O)c2cc(Cl)ccc2OC)cc1. The molecule has 0 bridgehead atoms. The summed E-state index contributed by atoms with van der Waals surface area (Å²) in [6, 6.07) is 9.78. The summed E-state index contributed by atoms with van der Waals surface area (Å²) in [6.07, 6.45) is 0. The van der Waals surface area contributed by atoms with E-state index in [4.69, 9.17) is 16.3 Å². The van der Waals surface area contributed by atoms with Crippen LogP contribution in [0.5, 0.6) is 5.75 Å². The van der Waals surface area contributed by atoms with Gasteiger partial charge in [-0.25, -0.2) is 13.1 Å². The zero-order valence-electron chi connectivity index (χ0n) is 14.6. The highest BCUT2D eigenvalue weighted by atomic mass is 35.5. The average Bonchev–Trinajstić information content (AvgIpc) is 2.65. The van der Waals surface area contributed by atoms with Crippen molar-refractivity contribution >= 4 is 33.4 Å². The number of rotatable bonds is 6. The molecule has 0 aliphatic heterocycles. The molecule has 0 fully saturated rings. The fraction of sp³-hybridized carbons (Fsp3) is 0.176. The van der Waals surface area contributed by atoms with E-state index in [0.29, 0.717) is 10.8 Å². The summed E-state index contributed by atoms with van der Waals surface area (Å²) < 4.78 is 31.2. The molecule has 0 heterocycles. The van der Waals surface area contributed by atoms with E-state index in [1.54, 1.807) is 13.0 Å². The van der Waals surface area contributed by atoms with E-state index in [0.717, 1.165) is 0 Å². The van der Waals surface area contributed by atoms with Crippen LogP contribution in [0, 0.1) is 0 Å². The molecule has 0 radical (unpaired) electrons. The van der Waals surface area contributed by atoms with Gasteiger partial charge in [-0.1, -0.05) is 18.5 Å². The molecule has 2 aromatic rings. The van der Waals surface area contributed by atoms with Crippen molar-refractivity contribution in [1.82, 2.24) is 15.6 Å². The van der Waals surface area contributed by atoms with Gasteiger partial charge in [-0.05, 0) is 42.5 Å². The first-order valence-electron chi connectivity index (χ1n) is 7.82. The van der Waals surface area contributed by atoms with Crippen molar-refractivity contribution in [2.24, 2.45) is 0 Å². The van der Waals surface area contributed by atoms with Gasteiger partial charge in [0.05, 0.1) is 17.6 Å². The molecule has 0 spiro atoms. The van der Waals surface area contributed by atoms with Crippen molar-refractivity contribution < 1.29 is 22.7 Å². The fourth-order valence-corrected chi connectivity index (χ4v) is 3.38. The smallest absolute Gasteiger partial charge is 0.273 e. The second-order valence-corrected chi connectivity index (χ2v) is 7.48. The molecule has 8 nitrogen and oxygen atoms in total. The third-order valence-electron chi connectivity index (χ3n) is 3.46. The average molecular weight is 412 g/mol. The fourth-order valence-electron chi connectivity index (χ4n) is 2.17. The van der Waals surface area contributed by atoms with Crippen molar-refractivity contribution in [2.45, 2.75) is 11.8 Å². The van der Waals surface area contributed by atoms with E-state index < -0.39 is 21.8 Å². The van der Waals surface area contributed by atoms with Gasteiger partial charge < -0.3 is 4.74 Å². The first kappa shape index (κ1) is 20.7. The molecule has 0 aliphatic rings. The molecule has 27 heavy (non-hydrogen) atoms. The highest BCUT2D eigenvalue weighted by Gasteiger charge is 2.16. The van der Waals surface area contributed by atoms with Crippen molar-refractivity contribution in [3.05, 3.63) is 58.6 Å². The quantitative estimate of drug-likeness (QED) is 0.626. The molecule has 0 unspecified atom stereocenters. The molecule has 0 atom stereocenters. The third kappa shape index (κ3) is 5.19. The van der Waals surface area contributed by atoms with Crippen molar-refractivity contribution in [2.75, 3.05) is 13.7 Å². The van der Waals surface area contributed by atoms with E-state index in [2.05, 4.69) is 15.6 Å². The Bertz CT molecular complexity index is 946. The van der Waals surface area contributed by atoms with Crippen molar-refractivity contribution in [3.8, 4) is 5.75 Å². The summed E-state index contributed by atoms with van der Waals surface area (Å²) in [5, 5.41) is 0.338. The highest BCUT2D eigenvalue weighted by molar-refractivity contribution is 7.89. The van der Waals surface area contributed by atoms with Gasteiger partial charge in [0, 0.05) is 17.1 Å². The predicted molar refractivity (Wildman–Crippen MR) is 100 cm³/mol. The minimum absolute atomic E-state index is 0.0357. The maximum Gasteiger partial charge on any atom is 0.273 e. The number of methoxy groups -OCH3 is 1. The van der Waals surface area contributed by atoms with E-state index in [1.165, 1.54) is 43.5 Å². The summed E-state index contributed by atoms with van der Waals surface area (Å²) in [5.74, 6) is -0.935. The number of benzene rings is 2. The number of carbonyl (C=O) groups is 2. The minimum atomic E-state index is -3.60. The first-order valence-corrected chi connectivity index (χ1v) is 9.68. The van der Waals surface area contributed by atoms with Crippen LogP contribution in [0.1, 0.15) is 27.6 Å². The maximum atomic E-state index is 12.2. The Morgan fingerprint density at radius 3 is 2.26 bits per heavy atom. The van der Waals surface area contributed by atoms with Crippen LogP contribution in [-0.4, -0.2) is 33.9 Å². The standard InChI is InChI=1S/C17H18ClN3O5S/c1-3-19-27(24,25)13-7-4-11(5-8-13)16(22)20-21-17(23)14-10-12(18)6-9-15(14)26-2/h4-10,19H,3H2,1-2H3,(H,20,22)(H,21,23). The van der Waals surface area contributed by atoms with Gasteiger partial charge >= 0.3 is 0 Å². The molecule has 144 valence electrons. The van der Waals surface area contributed by atoms with Gasteiger partial charge in [0.25, 0.3) is 11.8 Å². The summed E-state index contributed by atoms with van der Waals surface area (Å²) in [4.78, 5) is 24.4. The number of sulfonamides is 1. The van der Waals surface area contributed by atoms with Gasteiger partial charge in [0.2, 0.25) is 10.0 Å². The molecule has 10 heteroatoms. The van der Waals surface area contributed by atoms with E-state index in [-0.39, 0.29) is 22.6 Å². The largest absolute Gasteiger partial charge is 0.496 e. The van der Waals surface area contributed by atoms with Crippen LogP contribution >= 0.6 is 11.6 Å². The molecular weight excluding hydrogens is 394 g/mol. The summed E-state index contributed by atoms with van der Waals surface area (Å²) in [6.45, 7) is 1.92. The highest BCUT2D eigenvalue weighted by Crippen LogP contribution is 2.22. The number of hydrazine groups is 1. The van der Waals surface area contributed by atoms with Crippen LogP contribution in [0.4, 0.5) is 0 Å². The van der Waals surface area contributed by atoms with Gasteiger partial charge in [-0.15, -0.1) is 0 Å². The predicted octanol–water partition coefficient (Wildman–Crippen LogP) is 1.72. The molecule has 2 rings (SSSR count). The summed E-state index contributed by atoms with van der Waals surface area (Å²) in [5.41, 5.74) is 4.83. The molecule has 2 amide bonds. The van der Waals surface area contributed by atoms with Gasteiger partial charge in [-0.3, -0.25) is 20.4 Å². The topological polar surface area (TPSA) is 114 Å². The summed E-state index contributed by atoms with van der Waals surface area (Å²) in [7, 11) is -2.20. The zero-order chi connectivity index (χ0) is 20.0. The van der Waals surface area contributed by atoms with Gasteiger partial charge in [0.1, 0.15) is 5.75 Å². The molecule has 3 N–H and O–H groups in total.